The van der Waals surface area contributed by atoms with Gasteiger partial charge in [-0.15, -0.1) is 0 Å². The van der Waals surface area contributed by atoms with Gasteiger partial charge in [-0.2, -0.15) is 0 Å². The van der Waals surface area contributed by atoms with Crippen molar-refractivity contribution in [3.05, 3.63) is 0 Å². The minimum atomic E-state index is 0.474. The van der Waals surface area contributed by atoms with Gasteiger partial charge in [0.25, 0.3) is 0 Å². The third-order valence-electron chi connectivity index (χ3n) is 3.10. The molecule has 1 unspecified atom stereocenters. The Kier molecular flexibility index (Phi) is 11.8. The summed E-state index contributed by atoms with van der Waals surface area (Å²) in [7, 11) is 3.58. The first kappa shape index (κ1) is 18.2. The van der Waals surface area contributed by atoms with Gasteiger partial charge in [0, 0.05) is 33.4 Å². The summed E-state index contributed by atoms with van der Waals surface area (Å²) in [6.07, 6.45) is 5.93. The van der Waals surface area contributed by atoms with Gasteiger partial charge in [0.2, 0.25) is 0 Å². The first-order valence-electron chi connectivity index (χ1n) is 7.56. The lowest BCUT2D eigenvalue weighted by Crippen LogP contribution is -2.42. The molecule has 0 heterocycles. The van der Waals surface area contributed by atoms with Crippen molar-refractivity contribution in [1.82, 2.24) is 10.6 Å². The molecule has 0 bridgehead atoms. The highest BCUT2D eigenvalue weighted by Gasteiger charge is 2.05. The number of nitrogens with zero attached hydrogens (tertiary/aromatic N) is 1. The number of guanidine groups is 1. The second-order valence-corrected chi connectivity index (χ2v) is 5.57. The minimum absolute atomic E-state index is 0.474. The number of hydrogen-bond acceptors (Lipinski definition) is 2. The zero-order valence-electron chi connectivity index (χ0n) is 13.5. The molecule has 0 aliphatic heterocycles. The molecular formula is C15H33N3O. The first-order valence-corrected chi connectivity index (χ1v) is 7.56. The molecule has 114 valence electrons. The number of hydrogen-bond donors (Lipinski definition) is 2. The van der Waals surface area contributed by atoms with Crippen molar-refractivity contribution in [2.24, 2.45) is 10.9 Å². The Morgan fingerprint density at radius 1 is 1.11 bits per heavy atom. The molecule has 4 heteroatoms. The molecule has 0 rings (SSSR count). The Bertz CT molecular complexity index is 229. The fourth-order valence-electron chi connectivity index (χ4n) is 1.84. The molecule has 0 fully saturated rings. The molecule has 0 amide bonds. The number of ether oxygens (including phenoxy) is 1. The maximum atomic E-state index is 5.03. The van der Waals surface area contributed by atoms with Gasteiger partial charge in [0.1, 0.15) is 0 Å². The van der Waals surface area contributed by atoms with Crippen LogP contribution in [0.2, 0.25) is 0 Å². The number of rotatable bonds is 10. The average molecular weight is 271 g/mol. The number of unbranched alkanes of at least 4 members (excludes halogenated alkanes) is 2. The van der Waals surface area contributed by atoms with Gasteiger partial charge in [0.05, 0.1) is 0 Å². The predicted molar refractivity (Wildman–Crippen MR) is 83.8 cm³/mol. The Hall–Kier alpha value is -0.770. The van der Waals surface area contributed by atoms with E-state index in [2.05, 4.69) is 36.4 Å². The summed E-state index contributed by atoms with van der Waals surface area (Å²) in [5.41, 5.74) is 0. The van der Waals surface area contributed by atoms with E-state index in [1.807, 2.05) is 7.05 Å². The molecular weight excluding hydrogens is 238 g/mol. The van der Waals surface area contributed by atoms with Crippen LogP contribution in [-0.4, -0.2) is 39.3 Å². The van der Waals surface area contributed by atoms with Crippen LogP contribution < -0.4 is 10.6 Å². The summed E-state index contributed by atoms with van der Waals surface area (Å²) in [6, 6.07) is 0.474. The van der Waals surface area contributed by atoms with Gasteiger partial charge in [-0.1, -0.05) is 13.8 Å². The van der Waals surface area contributed by atoms with Gasteiger partial charge < -0.3 is 15.4 Å². The Morgan fingerprint density at radius 2 is 1.84 bits per heavy atom. The molecule has 0 aromatic carbocycles. The predicted octanol–water partition coefficient (Wildman–Crippen LogP) is 2.79. The van der Waals surface area contributed by atoms with E-state index >= 15 is 0 Å². The lowest BCUT2D eigenvalue weighted by atomic mass is 10.0. The van der Waals surface area contributed by atoms with E-state index in [4.69, 9.17) is 4.74 Å². The summed E-state index contributed by atoms with van der Waals surface area (Å²) in [6.45, 7) is 8.58. The van der Waals surface area contributed by atoms with E-state index in [9.17, 15) is 0 Å². The van der Waals surface area contributed by atoms with Gasteiger partial charge in [-0.3, -0.25) is 4.99 Å². The van der Waals surface area contributed by atoms with E-state index in [1.54, 1.807) is 7.11 Å². The van der Waals surface area contributed by atoms with Crippen LogP contribution in [-0.2, 0) is 4.74 Å². The van der Waals surface area contributed by atoms with Crippen LogP contribution in [0.1, 0.15) is 52.9 Å². The topological polar surface area (TPSA) is 45.7 Å². The highest BCUT2D eigenvalue weighted by molar-refractivity contribution is 5.79. The van der Waals surface area contributed by atoms with E-state index in [-0.39, 0.29) is 0 Å². The SMILES string of the molecule is CN=C(NCCCCCOC)NC(C)CCC(C)C. The molecule has 2 N–H and O–H groups in total. The fourth-order valence-corrected chi connectivity index (χ4v) is 1.84. The van der Waals surface area contributed by atoms with Gasteiger partial charge in [-0.25, -0.2) is 0 Å². The Labute approximate surface area is 119 Å². The molecule has 0 aliphatic rings. The van der Waals surface area contributed by atoms with E-state index < -0.39 is 0 Å². The van der Waals surface area contributed by atoms with Gasteiger partial charge in [-0.05, 0) is 44.9 Å². The molecule has 4 nitrogen and oxygen atoms in total. The maximum Gasteiger partial charge on any atom is 0.191 e. The highest BCUT2D eigenvalue weighted by Crippen LogP contribution is 2.06. The van der Waals surface area contributed by atoms with Crippen LogP contribution >= 0.6 is 0 Å². The van der Waals surface area contributed by atoms with E-state index in [1.165, 1.54) is 19.3 Å². The Morgan fingerprint density at radius 3 is 2.42 bits per heavy atom. The molecule has 19 heavy (non-hydrogen) atoms. The van der Waals surface area contributed by atoms with Crippen LogP contribution in [0.15, 0.2) is 4.99 Å². The molecule has 1 atom stereocenters. The number of aliphatic imine (C=N–C) groups is 1. The molecule has 0 aliphatic carbocycles. The van der Waals surface area contributed by atoms with Crippen molar-refractivity contribution in [2.45, 2.75) is 58.9 Å². The number of nitrogens with one attached hydrogen (secondary N) is 2. The van der Waals surface area contributed by atoms with Crippen LogP contribution in [0.4, 0.5) is 0 Å². The Balaban J connectivity index is 3.65. The largest absolute Gasteiger partial charge is 0.385 e. The van der Waals surface area contributed by atoms with Crippen molar-refractivity contribution in [1.29, 1.82) is 0 Å². The van der Waals surface area contributed by atoms with Gasteiger partial charge >= 0.3 is 0 Å². The molecule has 0 radical (unpaired) electrons. The van der Waals surface area contributed by atoms with Crippen LogP contribution in [0, 0.1) is 5.92 Å². The van der Waals surface area contributed by atoms with Crippen molar-refractivity contribution >= 4 is 5.96 Å². The smallest absolute Gasteiger partial charge is 0.191 e. The van der Waals surface area contributed by atoms with Crippen molar-refractivity contribution in [2.75, 3.05) is 27.3 Å². The fraction of sp³-hybridized carbons (Fsp3) is 0.933. The lowest BCUT2D eigenvalue weighted by Gasteiger charge is -2.18. The number of methoxy groups -OCH3 is 1. The summed E-state index contributed by atoms with van der Waals surface area (Å²) < 4.78 is 5.03. The highest BCUT2D eigenvalue weighted by atomic mass is 16.5. The second-order valence-electron chi connectivity index (χ2n) is 5.57. The van der Waals surface area contributed by atoms with Crippen molar-refractivity contribution in [3.8, 4) is 0 Å². The monoisotopic (exact) mass is 271 g/mol. The van der Waals surface area contributed by atoms with Crippen molar-refractivity contribution < 1.29 is 4.74 Å². The quantitative estimate of drug-likeness (QED) is 0.365. The molecule has 0 saturated heterocycles. The zero-order valence-corrected chi connectivity index (χ0v) is 13.5. The second kappa shape index (κ2) is 12.3. The average Bonchev–Trinajstić information content (AvgIpc) is 2.39. The molecule has 0 spiro atoms. The van der Waals surface area contributed by atoms with Gasteiger partial charge in [0.15, 0.2) is 5.96 Å². The molecule has 0 aromatic rings. The zero-order chi connectivity index (χ0) is 14.5. The maximum absolute atomic E-state index is 5.03. The lowest BCUT2D eigenvalue weighted by molar-refractivity contribution is 0.192. The summed E-state index contributed by atoms with van der Waals surface area (Å²) >= 11 is 0. The first-order chi connectivity index (χ1) is 9.10. The van der Waals surface area contributed by atoms with Crippen molar-refractivity contribution in [3.63, 3.8) is 0 Å². The van der Waals surface area contributed by atoms with Crippen LogP contribution in [0.3, 0.4) is 0 Å². The third kappa shape index (κ3) is 12.0. The summed E-state index contributed by atoms with van der Waals surface area (Å²) in [5.74, 6) is 1.68. The molecule has 0 saturated carbocycles. The van der Waals surface area contributed by atoms with Crippen LogP contribution in [0.25, 0.3) is 0 Å². The van der Waals surface area contributed by atoms with E-state index in [0.29, 0.717) is 6.04 Å². The summed E-state index contributed by atoms with van der Waals surface area (Å²) in [4.78, 5) is 4.26. The normalized spacial score (nSPS) is 13.7. The standard InChI is InChI=1S/C15H33N3O/c1-13(2)9-10-14(3)18-15(16-4)17-11-7-6-8-12-19-5/h13-14H,6-12H2,1-5H3,(H2,16,17,18). The summed E-state index contributed by atoms with van der Waals surface area (Å²) in [5, 5.41) is 6.80. The third-order valence-corrected chi connectivity index (χ3v) is 3.10. The van der Waals surface area contributed by atoms with E-state index in [0.717, 1.165) is 37.9 Å². The van der Waals surface area contributed by atoms with Crippen LogP contribution in [0.5, 0.6) is 0 Å². The minimum Gasteiger partial charge on any atom is -0.385 e. The molecule has 0 aromatic heterocycles.